The topological polar surface area (TPSA) is 97.0 Å². The van der Waals surface area contributed by atoms with Crippen LogP contribution in [0.5, 0.6) is 5.75 Å². The number of ketones is 1. The van der Waals surface area contributed by atoms with Crippen molar-refractivity contribution in [2.45, 2.75) is 33.0 Å². The first-order valence-electron chi connectivity index (χ1n) is 13.3. The van der Waals surface area contributed by atoms with E-state index >= 15 is 0 Å². The van der Waals surface area contributed by atoms with Gasteiger partial charge < -0.3 is 19.1 Å². The summed E-state index contributed by atoms with van der Waals surface area (Å²) in [5.41, 5.74) is 4.92. The van der Waals surface area contributed by atoms with Gasteiger partial charge in [-0.15, -0.1) is 0 Å². The van der Waals surface area contributed by atoms with Crippen molar-refractivity contribution >= 4 is 23.1 Å². The van der Waals surface area contributed by atoms with Gasteiger partial charge in [-0.2, -0.15) is 0 Å². The average Bonchev–Trinajstić information content (AvgIpc) is 3.47. The van der Waals surface area contributed by atoms with Crippen LogP contribution < -0.4 is 4.74 Å². The Morgan fingerprint density at radius 1 is 0.951 bits per heavy atom. The van der Waals surface area contributed by atoms with Gasteiger partial charge in [0.2, 0.25) is 0 Å². The van der Waals surface area contributed by atoms with Crippen LogP contribution in [0.3, 0.4) is 0 Å². The SMILES string of the molecule is Cc1cccn2c(C)c(C(O)=C3C(=O)C(=O)N(Cc4cccnc4)C3c3cccc(OCc4ccccc4)c3)nc12. The molecule has 1 aliphatic rings. The van der Waals surface area contributed by atoms with Crippen LogP contribution in [0.2, 0.25) is 0 Å². The number of amides is 1. The van der Waals surface area contributed by atoms with Crippen LogP contribution in [0.4, 0.5) is 0 Å². The van der Waals surface area contributed by atoms with Crippen LogP contribution in [0.25, 0.3) is 11.4 Å². The molecule has 0 aliphatic carbocycles. The van der Waals surface area contributed by atoms with Gasteiger partial charge in [0, 0.05) is 25.1 Å². The molecule has 3 aromatic heterocycles. The third kappa shape index (κ3) is 4.84. The number of ether oxygens (including phenoxy) is 1. The van der Waals surface area contributed by atoms with E-state index in [1.165, 1.54) is 4.90 Å². The number of aromatic nitrogens is 3. The van der Waals surface area contributed by atoms with E-state index in [-0.39, 0.29) is 23.6 Å². The quantitative estimate of drug-likeness (QED) is 0.164. The third-order valence-electron chi connectivity index (χ3n) is 7.35. The van der Waals surface area contributed by atoms with Gasteiger partial charge in [-0.1, -0.05) is 54.6 Å². The molecule has 8 nitrogen and oxygen atoms in total. The highest BCUT2D eigenvalue weighted by Crippen LogP contribution is 2.41. The molecule has 1 aliphatic heterocycles. The van der Waals surface area contributed by atoms with E-state index in [0.29, 0.717) is 29.3 Å². The fourth-order valence-corrected chi connectivity index (χ4v) is 5.27. The molecule has 1 amide bonds. The summed E-state index contributed by atoms with van der Waals surface area (Å²) >= 11 is 0. The number of hydrogen-bond donors (Lipinski definition) is 1. The molecule has 1 N–H and O–H groups in total. The molecule has 41 heavy (non-hydrogen) atoms. The van der Waals surface area contributed by atoms with E-state index in [1.54, 1.807) is 18.5 Å². The molecule has 0 spiro atoms. The Hall–Kier alpha value is -5.24. The number of aliphatic hydroxyl groups is 1. The van der Waals surface area contributed by atoms with Gasteiger partial charge in [0.1, 0.15) is 23.7 Å². The zero-order valence-corrected chi connectivity index (χ0v) is 22.7. The lowest BCUT2D eigenvalue weighted by molar-refractivity contribution is -0.140. The molecule has 1 fully saturated rings. The highest BCUT2D eigenvalue weighted by molar-refractivity contribution is 6.46. The summed E-state index contributed by atoms with van der Waals surface area (Å²) in [6.45, 7) is 4.25. The maximum atomic E-state index is 13.6. The van der Waals surface area contributed by atoms with Gasteiger partial charge in [0.25, 0.3) is 11.7 Å². The smallest absolute Gasteiger partial charge is 0.295 e. The first kappa shape index (κ1) is 26.0. The zero-order valence-electron chi connectivity index (χ0n) is 22.7. The summed E-state index contributed by atoms with van der Waals surface area (Å²) in [5, 5.41) is 11.7. The number of hydrogen-bond acceptors (Lipinski definition) is 6. The number of Topliss-reactive ketones (excluding diaryl/α,β-unsaturated/α-hetero) is 1. The number of rotatable bonds is 7. The molecule has 4 heterocycles. The lowest BCUT2D eigenvalue weighted by Gasteiger charge is -2.25. The molecular weight excluding hydrogens is 516 g/mol. The maximum absolute atomic E-state index is 13.6. The molecular formula is C33H28N4O4. The van der Waals surface area contributed by atoms with Crippen molar-refractivity contribution in [3.8, 4) is 5.75 Å². The predicted molar refractivity (Wildman–Crippen MR) is 154 cm³/mol. The zero-order chi connectivity index (χ0) is 28.5. The van der Waals surface area contributed by atoms with E-state index in [0.717, 1.165) is 16.7 Å². The molecule has 1 unspecified atom stereocenters. The van der Waals surface area contributed by atoms with Gasteiger partial charge in [-0.05, 0) is 60.4 Å². The van der Waals surface area contributed by atoms with E-state index in [4.69, 9.17) is 4.74 Å². The van der Waals surface area contributed by atoms with Crippen LogP contribution in [0.15, 0.2) is 103 Å². The second kappa shape index (κ2) is 10.7. The highest BCUT2D eigenvalue weighted by atomic mass is 16.5. The Labute approximate surface area is 237 Å². The third-order valence-corrected chi connectivity index (χ3v) is 7.35. The number of aryl methyl sites for hydroxylation is 2. The number of benzene rings is 2. The second-order valence-corrected chi connectivity index (χ2v) is 10.1. The molecule has 1 saturated heterocycles. The van der Waals surface area contributed by atoms with Crippen molar-refractivity contribution in [2.24, 2.45) is 0 Å². The molecule has 1 atom stereocenters. The molecule has 6 rings (SSSR count). The predicted octanol–water partition coefficient (Wildman–Crippen LogP) is 5.55. The summed E-state index contributed by atoms with van der Waals surface area (Å²) in [5.74, 6) is -1.19. The van der Waals surface area contributed by atoms with Gasteiger partial charge >= 0.3 is 0 Å². The molecule has 0 radical (unpaired) electrons. The number of carbonyl (C=O) groups excluding carboxylic acids is 2. The van der Waals surface area contributed by atoms with Gasteiger partial charge in [0.05, 0.1) is 17.3 Å². The van der Waals surface area contributed by atoms with Crippen molar-refractivity contribution < 1.29 is 19.4 Å². The number of carbonyl (C=O) groups is 2. The van der Waals surface area contributed by atoms with E-state index in [1.807, 2.05) is 97.2 Å². The largest absolute Gasteiger partial charge is 0.505 e. The normalized spacial score (nSPS) is 16.4. The lowest BCUT2D eigenvalue weighted by atomic mass is 9.96. The van der Waals surface area contributed by atoms with Gasteiger partial charge in [-0.25, -0.2) is 4.98 Å². The van der Waals surface area contributed by atoms with Crippen LogP contribution in [0.1, 0.15) is 39.7 Å². The van der Waals surface area contributed by atoms with Crippen molar-refractivity contribution in [1.82, 2.24) is 19.3 Å². The summed E-state index contributed by atoms with van der Waals surface area (Å²) < 4.78 is 7.92. The Balaban J connectivity index is 1.46. The Bertz CT molecular complexity index is 1790. The summed E-state index contributed by atoms with van der Waals surface area (Å²) in [7, 11) is 0. The standard InChI is InChI=1S/C33H28N4O4/c1-21-9-8-16-36-22(2)28(35-32(21)36)30(38)27-29(37(33(40)31(27)39)19-24-12-7-15-34-18-24)25-13-6-14-26(17-25)41-20-23-10-4-3-5-11-23/h3-18,29,38H,19-20H2,1-2H3. The molecule has 0 saturated carbocycles. The number of nitrogens with zero attached hydrogens (tertiary/aromatic N) is 4. The Morgan fingerprint density at radius 3 is 2.51 bits per heavy atom. The van der Waals surface area contributed by atoms with Crippen molar-refractivity contribution in [3.63, 3.8) is 0 Å². The fraction of sp³-hybridized carbons (Fsp3) is 0.152. The number of aliphatic hydroxyl groups excluding tert-OH is 1. The van der Waals surface area contributed by atoms with Gasteiger partial charge in [-0.3, -0.25) is 14.6 Å². The number of likely N-dealkylation sites (tertiary alicyclic amines) is 1. The monoisotopic (exact) mass is 544 g/mol. The maximum Gasteiger partial charge on any atom is 0.295 e. The van der Waals surface area contributed by atoms with Crippen molar-refractivity contribution in [2.75, 3.05) is 0 Å². The van der Waals surface area contributed by atoms with E-state index in [9.17, 15) is 14.7 Å². The Morgan fingerprint density at radius 2 is 1.76 bits per heavy atom. The van der Waals surface area contributed by atoms with Crippen molar-refractivity contribution in [1.29, 1.82) is 0 Å². The van der Waals surface area contributed by atoms with Crippen LogP contribution >= 0.6 is 0 Å². The summed E-state index contributed by atoms with van der Waals surface area (Å²) in [4.78, 5) is 37.4. The lowest BCUT2D eigenvalue weighted by Crippen LogP contribution is -2.29. The number of imidazole rings is 1. The van der Waals surface area contributed by atoms with Crippen LogP contribution in [0, 0.1) is 13.8 Å². The fourth-order valence-electron chi connectivity index (χ4n) is 5.27. The van der Waals surface area contributed by atoms with Crippen molar-refractivity contribution in [3.05, 3.63) is 137 Å². The molecule has 5 aromatic rings. The minimum atomic E-state index is -0.860. The van der Waals surface area contributed by atoms with Gasteiger partial charge in [0.15, 0.2) is 5.76 Å². The first-order chi connectivity index (χ1) is 19.9. The summed E-state index contributed by atoms with van der Waals surface area (Å²) in [6, 6.07) is 23.7. The average molecular weight is 545 g/mol. The molecule has 0 bridgehead atoms. The van der Waals surface area contributed by atoms with E-state index < -0.39 is 17.7 Å². The number of pyridine rings is 2. The minimum absolute atomic E-state index is 0.0109. The second-order valence-electron chi connectivity index (χ2n) is 10.1. The minimum Gasteiger partial charge on any atom is -0.505 e. The first-order valence-corrected chi connectivity index (χ1v) is 13.3. The molecule has 8 heteroatoms. The van der Waals surface area contributed by atoms with E-state index in [2.05, 4.69) is 9.97 Å². The summed E-state index contributed by atoms with van der Waals surface area (Å²) in [6.07, 6.45) is 5.16. The van der Waals surface area contributed by atoms with Crippen LogP contribution in [-0.2, 0) is 22.7 Å². The Kier molecular flexibility index (Phi) is 6.81. The van der Waals surface area contributed by atoms with Crippen LogP contribution in [-0.4, -0.2) is 36.1 Å². The molecule has 204 valence electrons. The molecule has 2 aromatic carbocycles. The highest BCUT2D eigenvalue weighted by Gasteiger charge is 2.46. The number of fused-ring (bicyclic) bond motifs is 1.